The number of amides is 1. The van der Waals surface area contributed by atoms with Crippen molar-refractivity contribution in [1.82, 2.24) is 20.1 Å². The number of carbonyl (C=O) groups excluding carboxylic acids is 2. The number of carbonyl (C=O) groups is 2. The van der Waals surface area contributed by atoms with E-state index in [1.165, 1.54) is 37.4 Å². The Morgan fingerprint density at radius 2 is 1.67 bits per heavy atom. The van der Waals surface area contributed by atoms with E-state index in [0.29, 0.717) is 23.7 Å². The minimum absolute atomic E-state index is 0.251. The molecule has 0 aliphatic rings. The highest BCUT2D eigenvalue weighted by molar-refractivity contribution is 5.93. The molecule has 8 heteroatoms. The van der Waals surface area contributed by atoms with Crippen LogP contribution < -0.4 is 10.1 Å². The second kappa shape index (κ2) is 9.78. The van der Waals surface area contributed by atoms with Gasteiger partial charge in [-0.05, 0) is 16.7 Å². The fraction of sp³-hybridized carbons (Fsp3) is 0.120. The van der Waals surface area contributed by atoms with Crippen molar-refractivity contribution < 1.29 is 19.1 Å². The highest BCUT2D eigenvalue weighted by atomic mass is 16.5. The molecular weight excluding hydrogens is 420 g/mol. The molecule has 1 N–H and O–H groups in total. The Hall–Kier alpha value is -4.46. The first kappa shape index (κ1) is 21.8. The molecule has 0 radical (unpaired) electrons. The molecule has 33 heavy (non-hydrogen) atoms. The van der Waals surface area contributed by atoms with Crippen molar-refractivity contribution in [3.05, 3.63) is 95.9 Å². The van der Waals surface area contributed by atoms with E-state index in [-0.39, 0.29) is 11.5 Å². The molecular formula is C25H22N4O4. The summed E-state index contributed by atoms with van der Waals surface area (Å²) in [6.45, 7) is 0.383. The summed E-state index contributed by atoms with van der Waals surface area (Å²) in [5, 5.41) is 7.10. The number of rotatable bonds is 7. The Bertz CT molecular complexity index is 1270. The third-order valence-electron chi connectivity index (χ3n) is 5.05. The predicted molar refractivity (Wildman–Crippen MR) is 122 cm³/mol. The molecule has 0 atom stereocenters. The number of hydrogen-bond acceptors (Lipinski definition) is 6. The van der Waals surface area contributed by atoms with E-state index in [2.05, 4.69) is 27.5 Å². The number of nitrogens with zero attached hydrogens (tertiary/aromatic N) is 3. The van der Waals surface area contributed by atoms with Crippen LogP contribution in [0.1, 0.15) is 26.3 Å². The zero-order valence-electron chi connectivity index (χ0n) is 18.2. The van der Waals surface area contributed by atoms with Crippen molar-refractivity contribution in [2.75, 3.05) is 14.2 Å². The second-order valence-electron chi connectivity index (χ2n) is 7.16. The summed E-state index contributed by atoms with van der Waals surface area (Å²) < 4.78 is 11.4. The summed E-state index contributed by atoms with van der Waals surface area (Å²) in [6, 6.07) is 19.7. The number of nitrogens with one attached hydrogen (secondary N) is 1. The van der Waals surface area contributed by atoms with Crippen LogP contribution in [0.15, 0.2) is 79.3 Å². The Morgan fingerprint density at radius 3 is 2.36 bits per heavy atom. The molecule has 0 saturated heterocycles. The molecule has 2 aromatic carbocycles. The monoisotopic (exact) mass is 442 g/mol. The van der Waals surface area contributed by atoms with Gasteiger partial charge in [0.2, 0.25) is 0 Å². The third-order valence-corrected chi connectivity index (χ3v) is 5.05. The van der Waals surface area contributed by atoms with Gasteiger partial charge >= 0.3 is 5.97 Å². The molecule has 0 saturated carbocycles. The second-order valence-corrected chi connectivity index (χ2v) is 7.16. The van der Waals surface area contributed by atoms with Gasteiger partial charge in [0.15, 0.2) is 11.6 Å². The standard InChI is InChI=1S/C25H22N4O4/c1-32-22-12-20(25(31)33-2)14-26-23(22)29-16-21(15-28-29)24(30)27-13-17-8-10-19(11-9-17)18-6-4-3-5-7-18/h3-12,14-16H,13H2,1-2H3,(H,27,30). The van der Waals surface area contributed by atoms with Gasteiger partial charge in [-0.3, -0.25) is 4.79 Å². The maximum absolute atomic E-state index is 12.6. The quantitative estimate of drug-likeness (QED) is 0.439. The van der Waals surface area contributed by atoms with Crippen molar-refractivity contribution >= 4 is 11.9 Å². The van der Waals surface area contributed by atoms with Crippen molar-refractivity contribution in [2.45, 2.75) is 6.54 Å². The zero-order valence-corrected chi connectivity index (χ0v) is 18.2. The molecule has 4 rings (SSSR count). The first-order valence-electron chi connectivity index (χ1n) is 10.2. The molecule has 0 fully saturated rings. The molecule has 0 spiro atoms. The molecule has 166 valence electrons. The highest BCUT2D eigenvalue weighted by Crippen LogP contribution is 2.22. The van der Waals surface area contributed by atoms with Gasteiger partial charge in [0.1, 0.15) is 0 Å². The average Bonchev–Trinajstić information content (AvgIpc) is 3.37. The van der Waals surface area contributed by atoms with Crippen LogP contribution >= 0.6 is 0 Å². The molecule has 1 amide bonds. The lowest BCUT2D eigenvalue weighted by Gasteiger charge is -2.08. The highest BCUT2D eigenvalue weighted by Gasteiger charge is 2.16. The van der Waals surface area contributed by atoms with E-state index in [1.54, 1.807) is 6.20 Å². The predicted octanol–water partition coefficient (Wildman–Crippen LogP) is 3.66. The summed E-state index contributed by atoms with van der Waals surface area (Å²) in [6.07, 6.45) is 4.36. The van der Waals surface area contributed by atoms with Crippen molar-refractivity contribution in [1.29, 1.82) is 0 Å². The van der Waals surface area contributed by atoms with Crippen LogP contribution in [0, 0.1) is 0 Å². The van der Waals surface area contributed by atoms with Crippen LogP contribution in [0.3, 0.4) is 0 Å². The number of hydrogen-bond donors (Lipinski definition) is 1. The van der Waals surface area contributed by atoms with E-state index in [0.717, 1.165) is 16.7 Å². The van der Waals surface area contributed by atoms with Gasteiger partial charge in [0, 0.05) is 25.0 Å². The molecule has 8 nitrogen and oxygen atoms in total. The summed E-state index contributed by atoms with van der Waals surface area (Å²) in [5.41, 5.74) is 3.87. The Labute approximate surface area is 190 Å². The lowest BCUT2D eigenvalue weighted by molar-refractivity contribution is 0.0599. The van der Waals surface area contributed by atoms with Crippen molar-refractivity contribution in [3.63, 3.8) is 0 Å². The zero-order chi connectivity index (χ0) is 23.2. The van der Waals surface area contributed by atoms with Gasteiger partial charge in [-0.15, -0.1) is 0 Å². The maximum atomic E-state index is 12.6. The number of pyridine rings is 1. The number of methoxy groups -OCH3 is 2. The van der Waals surface area contributed by atoms with Crippen molar-refractivity contribution in [3.8, 4) is 22.7 Å². The number of esters is 1. The average molecular weight is 442 g/mol. The first-order valence-corrected chi connectivity index (χ1v) is 10.2. The van der Waals surface area contributed by atoms with E-state index in [9.17, 15) is 9.59 Å². The van der Waals surface area contributed by atoms with Gasteiger partial charge in [-0.1, -0.05) is 54.6 Å². The SMILES string of the molecule is COC(=O)c1cnc(-n2cc(C(=O)NCc3ccc(-c4ccccc4)cc3)cn2)c(OC)c1. The topological polar surface area (TPSA) is 95.3 Å². The number of benzene rings is 2. The molecule has 0 unspecified atom stereocenters. The summed E-state index contributed by atoms with van der Waals surface area (Å²) in [7, 11) is 2.75. The lowest BCUT2D eigenvalue weighted by Crippen LogP contribution is -2.22. The number of aromatic nitrogens is 3. The minimum Gasteiger partial charge on any atom is -0.493 e. The van der Waals surface area contributed by atoms with Gasteiger partial charge in [0.05, 0.1) is 31.5 Å². The van der Waals surface area contributed by atoms with Gasteiger partial charge in [0.25, 0.3) is 5.91 Å². The molecule has 0 aliphatic heterocycles. The van der Waals surface area contributed by atoms with E-state index < -0.39 is 5.97 Å². The fourth-order valence-electron chi connectivity index (χ4n) is 3.28. The van der Waals surface area contributed by atoms with Crippen LogP contribution in [0.5, 0.6) is 5.75 Å². The van der Waals surface area contributed by atoms with E-state index >= 15 is 0 Å². The Balaban J connectivity index is 1.43. The largest absolute Gasteiger partial charge is 0.493 e. The number of ether oxygens (including phenoxy) is 2. The molecule has 2 aromatic heterocycles. The summed E-state index contributed by atoms with van der Waals surface area (Å²) in [4.78, 5) is 28.6. The smallest absolute Gasteiger partial charge is 0.339 e. The summed E-state index contributed by atoms with van der Waals surface area (Å²) >= 11 is 0. The lowest BCUT2D eigenvalue weighted by atomic mass is 10.0. The fourth-order valence-corrected chi connectivity index (χ4v) is 3.28. The third kappa shape index (κ3) is 4.90. The summed E-state index contributed by atoms with van der Waals surface area (Å²) in [5.74, 6) is -0.115. The van der Waals surface area contributed by atoms with Gasteiger partial charge in [-0.2, -0.15) is 5.10 Å². The van der Waals surface area contributed by atoms with Crippen LogP contribution in [0.2, 0.25) is 0 Å². The molecule has 4 aromatic rings. The van der Waals surface area contributed by atoms with Crippen LogP contribution in [-0.2, 0) is 11.3 Å². The molecule has 0 bridgehead atoms. The Morgan fingerprint density at radius 1 is 0.939 bits per heavy atom. The van der Waals surface area contributed by atoms with Crippen LogP contribution in [-0.4, -0.2) is 40.9 Å². The van der Waals surface area contributed by atoms with Gasteiger partial charge in [-0.25, -0.2) is 14.5 Å². The first-order chi connectivity index (χ1) is 16.1. The van der Waals surface area contributed by atoms with Crippen LogP contribution in [0.4, 0.5) is 0 Å². The van der Waals surface area contributed by atoms with Crippen molar-refractivity contribution in [2.24, 2.45) is 0 Å². The molecule has 0 aliphatic carbocycles. The van der Waals surface area contributed by atoms with Gasteiger partial charge < -0.3 is 14.8 Å². The van der Waals surface area contributed by atoms with E-state index in [1.807, 2.05) is 42.5 Å². The normalized spacial score (nSPS) is 10.5. The van der Waals surface area contributed by atoms with E-state index in [4.69, 9.17) is 9.47 Å². The minimum atomic E-state index is -0.523. The maximum Gasteiger partial charge on any atom is 0.339 e. The molecule has 2 heterocycles. The Kier molecular flexibility index (Phi) is 6.45. The van der Waals surface area contributed by atoms with Crippen LogP contribution in [0.25, 0.3) is 16.9 Å².